The number of aromatic nitrogens is 2. The second-order valence-electron chi connectivity index (χ2n) is 4.99. The van der Waals surface area contributed by atoms with Crippen molar-refractivity contribution < 1.29 is 4.39 Å². The Balaban J connectivity index is 2.16. The molecule has 1 aromatic heterocycles. The molecule has 1 fully saturated rings. The van der Waals surface area contributed by atoms with E-state index in [0.29, 0.717) is 23.0 Å². The van der Waals surface area contributed by atoms with Crippen LogP contribution in [0.25, 0.3) is 11.0 Å². The topological polar surface area (TPSA) is 17.8 Å². The Morgan fingerprint density at radius 2 is 2.37 bits per heavy atom. The Hall–Kier alpha value is -0.740. The van der Waals surface area contributed by atoms with Crippen LogP contribution in [0.15, 0.2) is 12.1 Å². The minimum absolute atomic E-state index is 0.198. The molecule has 5 heteroatoms. The fourth-order valence-electron chi connectivity index (χ4n) is 2.70. The molecule has 2 aromatic rings. The minimum Gasteiger partial charge on any atom is -0.323 e. The third kappa shape index (κ3) is 2.36. The van der Waals surface area contributed by atoms with E-state index in [1.165, 1.54) is 18.2 Å². The number of hydrogen-bond donors (Lipinski definition) is 0. The standard InChI is InChI=1S/C14H16ClFN2S/c1-9-5-13-12(6-11(9)16)17-14(7-15)18(13)10-3-2-4-19-8-10/h5-6,10H,2-4,7-8H2,1H3. The normalized spacial score (nSPS) is 20.1. The second kappa shape index (κ2) is 5.33. The van der Waals surface area contributed by atoms with Crippen molar-refractivity contribution in [3.05, 3.63) is 29.3 Å². The third-order valence-electron chi connectivity index (χ3n) is 3.66. The fourth-order valence-corrected chi connectivity index (χ4v) is 4.01. The zero-order chi connectivity index (χ0) is 13.4. The number of rotatable bonds is 2. The molecular formula is C14H16ClFN2S. The van der Waals surface area contributed by atoms with Crippen LogP contribution < -0.4 is 0 Å². The summed E-state index contributed by atoms with van der Waals surface area (Å²) in [5, 5.41) is 0. The van der Waals surface area contributed by atoms with E-state index in [1.807, 2.05) is 17.8 Å². The molecule has 0 spiro atoms. The summed E-state index contributed by atoms with van der Waals surface area (Å²) in [5.41, 5.74) is 2.40. The predicted molar refractivity (Wildman–Crippen MR) is 79.6 cm³/mol. The first-order valence-electron chi connectivity index (χ1n) is 6.51. The van der Waals surface area contributed by atoms with E-state index in [9.17, 15) is 4.39 Å². The van der Waals surface area contributed by atoms with Gasteiger partial charge in [-0.3, -0.25) is 0 Å². The van der Waals surface area contributed by atoms with Crippen molar-refractivity contribution in [1.29, 1.82) is 0 Å². The van der Waals surface area contributed by atoms with Crippen LogP contribution >= 0.6 is 23.4 Å². The largest absolute Gasteiger partial charge is 0.323 e. The van der Waals surface area contributed by atoms with Gasteiger partial charge in [-0.2, -0.15) is 11.8 Å². The van der Waals surface area contributed by atoms with Crippen molar-refractivity contribution in [2.24, 2.45) is 0 Å². The Labute approximate surface area is 121 Å². The van der Waals surface area contributed by atoms with Crippen molar-refractivity contribution in [2.45, 2.75) is 31.7 Å². The number of thioether (sulfide) groups is 1. The van der Waals surface area contributed by atoms with Crippen molar-refractivity contribution in [1.82, 2.24) is 9.55 Å². The Morgan fingerprint density at radius 3 is 3.05 bits per heavy atom. The molecule has 1 unspecified atom stereocenters. The average Bonchev–Trinajstić information content (AvgIpc) is 2.78. The zero-order valence-electron chi connectivity index (χ0n) is 10.8. The minimum atomic E-state index is -0.198. The van der Waals surface area contributed by atoms with Gasteiger partial charge in [-0.1, -0.05) is 0 Å². The van der Waals surface area contributed by atoms with E-state index in [1.54, 1.807) is 6.92 Å². The number of hydrogen-bond acceptors (Lipinski definition) is 2. The Morgan fingerprint density at radius 1 is 1.53 bits per heavy atom. The van der Waals surface area contributed by atoms with E-state index >= 15 is 0 Å². The summed E-state index contributed by atoms with van der Waals surface area (Å²) < 4.78 is 15.9. The van der Waals surface area contributed by atoms with Crippen LogP contribution in [0.2, 0.25) is 0 Å². The highest BCUT2D eigenvalue weighted by Gasteiger charge is 2.21. The van der Waals surface area contributed by atoms with Gasteiger partial charge in [0.05, 0.1) is 16.9 Å². The van der Waals surface area contributed by atoms with Gasteiger partial charge in [-0.25, -0.2) is 9.37 Å². The van der Waals surface area contributed by atoms with Gasteiger partial charge in [-0.05, 0) is 37.1 Å². The van der Waals surface area contributed by atoms with Crippen LogP contribution in [0.3, 0.4) is 0 Å². The molecule has 102 valence electrons. The Kier molecular flexibility index (Phi) is 3.72. The molecule has 0 bridgehead atoms. The number of alkyl halides is 1. The first-order chi connectivity index (χ1) is 9.20. The highest BCUT2D eigenvalue weighted by molar-refractivity contribution is 7.99. The lowest BCUT2D eigenvalue weighted by atomic mass is 10.1. The molecule has 1 saturated heterocycles. The summed E-state index contributed by atoms with van der Waals surface area (Å²) in [5.74, 6) is 3.35. The van der Waals surface area contributed by atoms with Crippen LogP contribution in [0.1, 0.15) is 30.3 Å². The third-order valence-corrected chi connectivity index (χ3v) is 5.10. The number of fused-ring (bicyclic) bond motifs is 1. The predicted octanol–water partition coefficient (Wildman–Crippen LogP) is 4.29. The monoisotopic (exact) mass is 298 g/mol. The van der Waals surface area contributed by atoms with Crippen LogP contribution in [-0.2, 0) is 5.88 Å². The van der Waals surface area contributed by atoms with Crippen LogP contribution in [0, 0.1) is 12.7 Å². The lowest BCUT2D eigenvalue weighted by Crippen LogP contribution is -2.18. The first-order valence-corrected chi connectivity index (χ1v) is 8.20. The highest BCUT2D eigenvalue weighted by Crippen LogP contribution is 2.32. The molecule has 0 N–H and O–H groups in total. The van der Waals surface area contributed by atoms with Crippen molar-refractivity contribution >= 4 is 34.4 Å². The molecule has 3 rings (SSSR count). The maximum atomic E-state index is 13.6. The number of aryl methyl sites for hydroxylation is 1. The lowest BCUT2D eigenvalue weighted by Gasteiger charge is -2.25. The molecule has 19 heavy (non-hydrogen) atoms. The summed E-state index contributed by atoms with van der Waals surface area (Å²) >= 11 is 7.99. The molecule has 0 radical (unpaired) electrons. The van der Waals surface area contributed by atoms with Gasteiger partial charge in [0, 0.05) is 17.9 Å². The maximum Gasteiger partial charge on any atom is 0.128 e. The summed E-state index contributed by atoms with van der Waals surface area (Å²) in [6, 6.07) is 3.85. The van der Waals surface area contributed by atoms with Crippen LogP contribution in [0.5, 0.6) is 0 Å². The number of imidazole rings is 1. The van der Waals surface area contributed by atoms with E-state index < -0.39 is 0 Å². The molecule has 0 amide bonds. The Bertz CT molecular complexity index is 605. The molecule has 2 nitrogen and oxygen atoms in total. The van der Waals surface area contributed by atoms with Gasteiger partial charge >= 0.3 is 0 Å². The summed E-state index contributed by atoms with van der Waals surface area (Å²) in [7, 11) is 0. The average molecular weight is 299 g/mol. The molecule has 2 heterocycles. The summed E-state index contributed by atoms with van der Waals surface area (Å²) in [6.45, 7) is 1.79. The number of nitrogens with zero attached hydrogens (tertiary/aromatic N) is 2. The zero-order valence-corrected chi connectivity index (χ0v) is 12.4. The van der Waals surface area contributed by atoms with Gasteiger partial charge < -0.3 is 4.57 Å². The van der Waals surface area contributed by atoms with Crippen LogP contribution in [0.4, 0.5) is 4.39 Å². The first kappa shape index (κ1) is 13.3. The maximum absolute atomic E-state index is 13.6. The molecule has 1 aliphatic rings. The van der Waals surface area contributed by atoms with Crippen LogP contribution in [-0.4, -0.2) is 21.1 Å². The SMILES string of the molecule is Cc1cc2c(cc1F)nc(CCl)n2C1CCCSC1. The van der Waals surface area contributed by atoms with E-state index in [2.05, 4.69) is 9.55 Å². The van der Waals surface area contributed by atoms with Gasteiger partial charge in [0.25, 0.3) is 0 Å². The van der Waals surface area contributed by atoms with Crippen molar-refractivity contribution in [3.63, 3.8) is 0 Å². The van der Waals surface area contributed by atoms with Crippen molar-refractivity contribution in [2.75, 3.05) is 11.5 Å². The molecule has 0 saturated carbocycles. The van der Waals surface area contributed by atoms with Gasteiger partial charge in [-0.15, -0.1) is 11.6 Å². The van der Waals surface area contributed by atoms with E-state index in [4.69, 9.17) is 11.6 Å². The quantitative estimate of drug-likeness (QED) is 0.770. The molecule has 1 aromatic carbocycles. The fraction of sp³-hybridized carbons (Fsp3) is 0.500. The van der Waals surface area contributed by atoms with E-state index in [-0.39, 0.29) is 5.82 Å². The highest BCUT2D eigenvalue weighted by atomic mass is 35.5. The second-order valence-corrected chi connectivity index (χ2v) is 6.41. The van der Waals surface area contributed by atoms with Crippen molar-refractivity contribution in [3.8, 4) is 0 Å². The summed E-state index contributed by atoms with van der Waals surface area (Å²) in [4.78, 5) is 4.49. The van der Waals surface area contributed by atoms with Gasteiger partial charge in [0.15, 0.2) is 0 Å². The van der Waals surface area contributed by atoms with Gasteiger partial charge in [0.2, 0.25) is 0 Å². The molecule has 0 aliphatic carbocycles. The number of halogens is 2. The molecule has 1 atom stereocenters. The smallest absolute Gasteiger partial charge is 0.128 e. The van der Waals surface area contributed by atoms with Gasteiger partial charge in [0.1, 0.15) is 11.6 Å². The molecular weight excluding hydrogens is 283 g/mol. The summed E-state index contributed by atoms with van der Waals surface area (Å²) in [6.07, 6.45) is 2.37. The lowest BCUT2D eigenvalue weighted by molar-refractivity contribution is 0.499. The molecule has 1 aliphatic heterocycles. The number of benzene rings is 1. The van der Waals surface area contributed by atoms with E-state index in [0.717, 1.165) is 23.5 Å².